The van der Waals surface area contributed by atoms with Crippen molar-refractivity contribution >= 4 is 11.9 Å². The van der Waals surface area contributed by atoms with Gasteiger partial charge >= 0.3 is 5.97 Å². The molecule has 1 amide bonds. The van der Waals surface area contributed by atoms with Crippen molar-refractivity contribution in [3.05, 3.63) is 71.3 Å². The number of nitrogens with zero attached hydrogens (tertiary/aromatic N) is 1. The van der Waals surface area contributed by atoms with Gasteiger partial charge in [0.15, 0.2) is 0 Å². The van der Waals surface area contributed by atoms with Gasteiger partial charge in [0.1, 0.15) is 0 Å². The highest BCUT2D eigenvalue weighted by atomic mass is 16.4. The molecule has 0 bridgehead atoms. The van der Waals surface area contributed by atoms with Gasteiger partial charge < -0.3 is 10.0 Å². The largest absolute Gasteiger partial charge is 0.478 e. The number of piperidine rings is 1. The third-order valence-corrected chi connectivity index (χ3v) is 5.31. The molecule has 0 saturated carbocycles. The average molecular weight is 351 g/mol. The lowest BCUT2D eigenvalue weighted by Gasteiger charge is -2.37. The summed E-state index contributed by atoms with van der Waals surface area (Å²) in [5.41, 5.74) is 2.64. The van der Waals surface area contributed by atoms with E-state index >= 15 is 0 Å². The molecule has 1 aliphatic heterocycles. The highest BCUT2D eigenvalue weighted by molar-refractivity contribution is 5.87. The van der Waals surface area contributed by atoms with Crippen molar-refractivity contribution in [1.82, 2.24) is 4.90 Å². The molecule has 0 aliphatic carbocycles. The van der Waals surface area contributed by atoms with Crippen LogP contribution in [-0.4, -0.2) is 35.0 Å². The lowest BCUT2D eigenvalue weighted by molar-refractivity contribution is -0.133. The van der Waals surface area contributed by atoms with Crippen LogP contribution < -0.4 is 0 Å². The zero-order valence-corrected chi connectivity index (χ0v) is 15.1. The molecule has 0 radical (unpaired) electrons. The third kappa shape index (κ3) is 4.31. The Morgan fingerprint density at radius 1 is 1.08 bits per heavy atom. The molecular formula is C22H25NO3. The predicted octanol–water partition coefficient (Wildman–Crippen LogP) is 3.97. The molecule has 136 valence electrons. The first-order chi connectivity index (χ1) is 12.5. The second kappa shape index (κ2) is 8.17. The van der Waals surface area contributed by atoms with E-state index in [4.69, 9.17) is 5.11 Å². The van der Waals surface area contributed by atoms with Gasteiger partial charge in [-0.05, 0) is 47.9 Å². The molecule has 0 aromatic heterocycles. The summed E-state index contributed by atoms with van der Waals surface area (Å²) in [7, 11) is 0. The molecule has 1 heterocycles. The van der Waals surface area contributed by atoms with E-state index in [0.717, 1.165) is 25.1 Å². The fourth-order valence-electron chi connectivity index (χ4n) is 3.79. The van der Waals surface area contributed by atoms with Crippen molar-refractivity contribution in [2.24, 2.45) is 5.92 Å². The molecule has 3 rings (SSSR count). The summed E-state index contributed by atoms with van der Waals surface area (Å²) in [6.45, 7) is 3.83. The monoisotopic (exact) mass is 351 g/mol. The molecule has 2 atom stereocenters. The van der Waals surface area contributed by atoms with Crippen molar-refractivity contribution in [1.29, 1.82) is 0 Å². The number of carbonyl (C=O) groups is 2. The van der Waals surface area contributed by atoms with Crippen LogP contribution in [0.3, 0.4) is 0 Å². The Morgan fingerprint density at radius 2 is 1.77 bits per heavy atom. The summed E-state index contributed by atoms with van der Waals surface area (Å²) >= 11 is 0. The van der Waals surface area contributed by atoms with E-state index in [-0.39, 0.29) is 11.5 Å². The number of hydrogen-bond donors (Lipinski definition) is 1. The van der Waals surface area contributed by atoms with Gasteiger partial charge in [-0.1, -0.05) is 49.4 Å². The number of carboxylic acids is 1. The molecule has 1 N–H and O–H groups in total. The Morgan fingerprint density at radius 3 is 2.38 bits per heavy atom. The number of likely N-dealkylation sites (tertiary alicyclic amines) is 1. The molecule has 26 heavy (non-hydrogen) atoms. The number of rotatable bonds is 5. The second-order valence-electron chi connectivity index (χ2n) is 7.12. The Kier molecular flexibility index (Phi) is 5.71. The maximum atomic E-state index is 12.6. The second-order valence-corrected chi connectivity index (χ2v) is 7.12. The highest BCUT2D eigenvalue weighted by Crippen LogP contribution is 2.32. The maximum absolute atomic E-state index is 12.6. The standard InChI is InChI=1S/C22H25NO3/c1-16-15-23(14-13-20(16)18-5-3-2-4-6-18)21(24)12-9-17-7-10-19(11-8-17)22(25)26/h2-8,10-11,16,20H,9,12-15H2,1H3,(H,25,26). The summed E-state index contributed by atoms with van der Waals surface area (Å²) in [5, 5.41) is 8.93. The molecule has 1 fully saturated rings. The van der Waals surface area contributed by atoms with E-state index < -0.39 is 5.97 Å². The van der Waals surface area contributed by atoms with E-state index in [1.54, 1.807) is 24.3 Å². The molecule has 1 saturated heterocycles. The highest BCUT2D eigenvalue weighted by Gasteiger charge is 2.29. The lowest BCUT2D eigenvalue weighted by Crippen LogP contribution is -2.42. The first-order valence-corrected chi connectivity index (χ1v) is 9.19. The van der Waals surface area contributed by atoms with Crippen LogP contribution in [0.2, 0.25) is 0 Å². The van der Waals surface area contributed by atoms with Crippen LogP contribution in [0.5, 0.6) is 0 Å². The van der Waals surface area contributed by atoms with Gasteiger partial charge in [-0.3, -0.25) is 4.79 Å². The summed E-state index contributed by atoms with van der Waals surface area (Å²) in [5.74, 6) is 0.224. The van der Waals surface area contributed by atoms with Crippen molar-refractivity contribution in [3.63, 3.8) is 0 Å². The summed E-state index contributed by atoms with van der Waals surface area (Å²) in [6.07, 6.45) is 2.12. The molecule has 4 nitrogen and oxygen atoms in total. The smallest absolute Gasteiger partial charge is 0.335 e. The first-order valence-electron chi connectivity index (χ1n) is 9.19. The quantitative estimate of drug-likeness (QED) is 0.887. The molecule has 2 aromatic carbocycles. The third-order valence-electron chi connectivity index (χ3n) is 5.31. The number of aromatic carboxylic acids is 1. The Labute approximate surface area is 154 Å². The van der Waals surface area contributed by atoms with Crippen molar-refractivity contribution in [3.8, 4) is 0 Å². The van der Waals surface area contributed by atoms with Crippen LogP contribution in [0.15, 0.2) is 54.6 Å². The topological polar surface area (TPSA) is 57.6 Å². The van der Waals surface area contributed by atoms with Crippen molar-refractivity contribution < 1.29 is 14.7 Å². The zero-order valence-electron chi connectivity index (χ0n) is 15.1. The number of amides is 1. The van der Waals surface area contributed by atoms with Gasteiger partial charge in [0.2, 0.25) is 5.91 Å². The van der Waals surface area contributed by atoms with Gasteiger partial charge in [-0.15, -0.1) is 0 Å². The van der Waals surface area contributed by atoms with E-state index in [9.17, 15) is 9.59 Å². The Balaban J connectivity index is 1.52. The first kappa shape index (κ1) is 18.2. The molecule has 2 aromatic rings. The zero-order chi connectivity index (χ0) is 18.5. The fraction of sp³-hybridized carbons (Fsp3) is 0.364. The van der Waals surface area contributed by atoms with Gasteiger partial charge in [0.25, 0.3) is 0 Å². The Bertz CT molecular complexity index is 755. The van der Waals surface area contributed by atoms with E-state index in [1.807, 2.05) is 11.0 Å². The average Bonchev–Trinajstić information content (AvgIpc) is 2.67. The van der Waals surface area contributed by atoms with Crippen LogP contribution in [0.4, 0.5) is 0 Å². The number of aryl methyl sites for hydroxylation is 1. The predicted molar refractivity (Wildman–Crippen MR) is 101 cm³/mol. The molecule has 4 heteroatoms. The van der Waals surface area contributed by atoms with Crippen LogP contribution in [0, 0.1) is 5.92 Å². The number of carbonyl (C=O) groups excluding carboxylic acids is 1. The summed E-state index contributed by atoms with van der Waals surface area (Å²) in [4.78, 5) is 25.4. The van der Waals surface area contributed by atoms with Crippen LogP contribution in [-0.2, 0) is 11.2 Å². The molecular weight excluding hydrogens is 326 g/mol. The van der Waals surface area contributed by atoms with Gasteiger partial charge in [-0.25, -0.2) is 4.79 Å². The van der Waals surface area contributed by atoms with Crippen LogP contribution >= 0.6 is 0 Å². The fourth-order valence-corrected chi connectivity index (χ4v) is 3.79. The Hall–Kier alpha value is -2.62. The molecule has 2 unspecified atom stereocenters. The minimum absolute atomic E-state index is 0.186. The van der Waals surface area contributed by atoms with Crippen LogP contribution in [0.25, 0.3) is 0 Å². The molecule has 1 aliphatic rings. The van der Waals surface area contributed by atoms with Gasteiger partial charge in [0, 0.05) is 19.5 Å². The summed E-state index contributed by atoms with van der Waals surface area (Å²) < 4.78 is 0. The van der Waals surface area contributed by atoms with E-state index in [0.29, 0.717) is 24.7 Å². The minimum Gasteiger partial charge on any atom is -0.478 e. The van der Waals surface area contributed by atoms with Crippen LogP contribution in [0.1, 0.15) is 47.2 Å². The van der Waals surface area contributed by atoms with E-state index in [1.165, 1.54) is 5.56 Å². The number of carboxylic acid groups (broad SMARTS) is 1. The number of hydrogen-bond acceptors (Lipinski definition) is 2. The molecule has 0 spiro atoms. The van der Waals surface area contributed by atoms with E-state index in [2.05, 4.69) is 31.2 Å². The lowest BCUT2D eigenvalue weighted by atomic mass is 9.81. The summed E-state index contributed by atoms with van der Waals surface area (Å²) in [6, 6.07) is 17.3. The van der Waals surface area contributed by atoms with Gasteiger partial charge in [0.05, 0.1) is 5.56 Å². The van der Waals surface area contributed by atoms with Crippen molar-refractivity contribution in [2.75, 3.05) is 13.1 Å². The van der Waals surface area contributed by atoms with Crippen molar-refractivity contribution in [2.45, 2.75) is 32.1 Å². The number of benzene rings is 2. The minimum atomic E-state index is -0.928. The van der Waals surface area contributed by atoms with Gasteiger partial charge in [-0.2, -0.15) is 0 Å². The SMILES string of the molecule is CC1CN(C(=O)CCc2ccc(C(=O)O)cc2)CCC1c1ccccc1. The maximum Gasteiger partial charge on any atom is 0.335 e. The normalized spacial score (nSPS) is 20.0.